The molecule has 0 aliphatic carbocycles. The molecule has 0 unspecified atom stereocenters. The normalized spacial score (nSPS) is 11.1. The van der Waals surface area contributed by atoms with Gasteiger partial charge in [0.05, 0.1) is 13.2 Å². The second kappa shape index (κ2) is 18.8. The lowest BCUT2D eigenvalue weighted by atomic mass is 10.2. The zero-order chi connectivity index (χ0) is 14.7. The summed E-state index contributed by atoms with van der Waals surface area (Å²) in [5, 5.41) is 0. The van der Waals surface area contributed by atoms with Gasteiger partial charge in [-0.25, -0.2) is 0 Å². The van der Waals surface area contributed by atoms with Crippen molar-refractivity contribution in [3.8, 4) is 0 Å². The van der Waals surface area contributed by atoms with Gasteiger partial charge in [0, 0.05) is 39.6 Å². The van der Waals surface area contributed by atoms with Gasteiger partial charge >= 0.3 is 0 Å². The summed E-state index contributed by atoms with van der Waals surface area (Å²) in [7, 11) is 0. The Morgan fingerprint density at radius 1 is 0.450 bits per heavy atom. The van der Waals surface area contributed by atoms with Gasteiger partial charge in [-0.2, -0.15) is 0 Å². The van der Waals surface area contributed by atoms with E-state index in [1.54, 1.807) is 0 Å². The zero-order valence-corrected chi connectivity index (χ0v) is 13.5. The van der Waals surface area contributed by atoms with Crippen molar-refractivity contribution in [2.24, 2.45) is 0 Å². The molecule has 4 nitrogen and oxygen atoms in total. The standard InChI is InChI=1S/C16H34O4/c1-3-10-18-13-8-9-14-19-11-6-5-7-12-20-16-15-17-4-2/h3-16H2,1-2H3. The van der Waals surface area contributed by atoms with Crippen LogP contribution in [0.25, 0.3) is 0 Å². The third-order valence-corrected chi connectivity index (χ3v) is 2.83. The lowest BCUT2D eigenvalue weighted by Crippen LogP contribution is -2.05. The summed E-state index contributed by atoms with van der Waals surface area (Å²) in [5.41, 5.74) is 0. The molecule has 0 aromatic heterocycles. The van der Waals surface area contributed by atoms with E-state index in [4.69, 9.17) is 18.9 Å². The molecule has 0 aromatic rings. The average molecular weight is 290 g/mol. The number of unbranched alkanes of at least 4 members (excludes halogenated alkanes) is 3. The molecule has 0 bridgehead atoms. The zero-order valence-electron chi connectivity index (χ0n) is 13.5. The minimum absolute atomic E-state index is 0.710. The van der Waals surface area contributed by atoms with E-state index in [0.29, 0.717) is 13.2 Å². The van der Waals surface area contributed by atoms with Gasteiger partial charge in [0.15, 0.2) is 0 Å². The molecule has 0 saturated heterocycles. The molecule has 4 heteroatoms. The van der Waals surface area contributed by atoms with Crippen molar-refractivity contribution in [3.05, 3.63) is 0 Å². The Balaban J connectivity index is 2.89. The molecule has 0 amide bonds. The molecular weight excluding hydrogens is 256 g/mol. The molecule has 0 fully saturated rings. The van der Waals surface area contributed by atoms with Crippen molar-refractivity contribution >= 4 is 0 Å². The summed E-state index contributed by atoms with van der Waals surface area (Å²) in [4.78, 5) is 0. The first kappa shape index (κ1) is 19.8. The highest BCUT2D eigenvalue weighted by Crippen LogP contribution is 1.98. The maximum atomic E-state index is 5.58. The van der Waals surface area contributed by atoms with Gasteiger partial charge in [0.25, 0.3) is 0 Å². The van der Waals surface area contributed by atoms with Crippen LogP contribution < -0.4 is 0 Å². The summed E-state index contributed by atoms with van der Waals surface area (Å²) in [5.74, 6) is 0. The van der Waals surface area contributed by atoms with Gasteiger partial charge in [0.2, 0.25) is 0 Å². The van der Waals surface area contributed by atoms with E-state index in [-0.39, 0.29) is 0 Å². The quantitative estimate of drug-likeness (QED) is 0.385. The van der Waals surface area contributed by atoms with E-state index in [0.717, 1.165) is 71.7 Å². The van der Waals surface area contributed by atoms with Crippen molar-refractivity contribution in [2.75, 3.05) is 52.9 Å². The molecule has 0 atom stereocenters. The molecule has 0 saturated carbocycles. The molecule has 20 heavy (non-hydrogen) atoms. The molecule has 0 heterocycles. The van der Waals surface area contributed by atoms with E-state index < -0.39 is 0 Å². The van der Waals surface area contributed by atoms with E-state index in [1.165, 1.54) is 6.42 Å². The Bertz CT molecular complexity index is 147. The fourth-order valence-electron chi connectivity index (χ4n) is 1.71. The van der Waals surface area contributed by atoms with Crippen molar-refractivity contribution in [1.29, 1.82) is 0 Å². The highest BCUT2D eigenvalue weighted by Gasteiger charge is 1.93. The van der Waals surface area contributed by atoms with Crippen LogP contribution in [0.4, 0.5) is 0 Å². The fraction of sp³-hybridized carbons (Fsp3) is 1.00. The molecule has 0 aromatic carbocycles. The first-order chi connectivity index (χ1) is 9.91. The lowest BCUT2D eigenvalue weighted by Gasteiger charge is -2.06. The molecule has 0 radical (unpaired) electrons. The van der Waals surface area contributed by atoms with Crippen LogP contribution >= 0.6 is 0 Å². The minimum atomic E-state index is 0.710. The third-order valence-electron chi connectivity index (χ3n) is 2.83. The van der Waals surface area contributed by atoms with Crippen LogP contribution in [0.2, 0.25) is 0 Å². The molecule has 0 N–H and O–H groups in total. The maximum absolute atomic E-state index is 5.58. The van der Waals surface area contributed by atoms with Crippen LogP contribution in [0.15, 0.2) is 0 Å². The molecule has 0 aliphatic heterocycles. The predicted molar refractivity (Wildman–Crippen MR) is 82.3 cm³/mol. The summed E-state index contributed by atoms with van der Waals surface area (Å²) >= 11 is 0. The number of ether oxygens (including phenoxy) is 4. The number of rotatable bonds is 17. The monoisotopic (exact) mass is 290 g/mol. The molecule has 0 aliphatic rings. The molecule has 0 spiro atoms. The summed E-state index contributed by atoms with van der Waals surface area (Å²) in [6.45, 7) is 10.6. The minimum Gasteiger partial charge on any atom is -0.381 e. The predicted octanol–water partition coefficient (Wildman–Crippen LogP) is 3.43. The van der Waals surface area contributed by atoms with Crippen molar-refractivity contribution in [2.45, 2.75) is 52.4 Å². The van der Waals surface area contributed by atoms with Gasteiger partial charge < -0.3 is 18.9 Å². The van der Waals surface area contributed by atoms with E-state index in [9.17, 15) is 0 Å². The second-order valence-electron chi connectivity index (χ2n) is 4.80. The van der Waals surface area contributed by atoms with Crippen molar-refractivity contribution in [1.82, 2.24) is 0 Å². The number of hydrogen-bond acceptors (Lipinski definition) is 4. The number of hydrogen-bond donors (Lipinski definition) is 0. The fourth-order valence-corrected chi connectivity index (χ4v) is 1.71. The van der Waals surface area contributed by atoms with Gasteiger partial charge in [0.1, 0.15) is 0 Å². The third kappa shape index (κ3) is 17.8. The summed E-state index contributed by atoms with van der Waals surface area (Å²) in [6, 6.07) is 0. The molecular formula is C16H34O4. The van der Waals surface area contributed by atoms with E-state index in [1.807, 2.05) is 6.92 Å². The Morgan fingerprint density at radius 2 is 0.900 bits per heavy atom. The smallest absolute Gasteiger partial charge is 0.0700 e. The Kier molecular flexibility index (Phi) is 18.7. The van der Waals surface area contributed by atoms with Crippen LogP contribution in [0.5, 0.6) is 0 Å². The van der Waals surface area contributed by atoms with Crippen LogP contribution in [0.1, 0.15) is 52.4 Å². The first-order valence-electron chi connectivity index (χ1n) is 8.22. The Hall–Kier alpha value is -0.160. The van der Waals surface area contributed by atoms with Crippen LogP contribution in [-0.4, -0.2) is 52.9 Å². The summed E-state index contributed by atoms with van der Waals surface area (Å²) in [6.07, 6.45) is 6.72. The maximum Gasteiger partial charge on any atom is 0.0700 e. The summed E-state index contributed by atoms with van der Waals surface area (Å²) < 4.78 is 21.6. The van der Waals surface area contributed by atoms with Gasteiger partial charge in [-0.1, -0.05) is 6.92 Å². The topological polar surface area (TPSA) is 36.9 Å². The average Bonchev–Trinajstić information content (AvgIpc) is 2.47. The highest BCUT2D eigenvalue weighted by atomic mass is 16.5. The van der Waals surface area contributed by atoms with Crippen LogP contribution in [0.3, 0.4) is 0 Å². The van der Waals surface area contributed by atoms with Gasteiger partial charge in [-0.3, -0.25) is 0 Å². The molecule has 0 rings (SSSR count). The largest absolute Gasteiger partial charge is 0.381 e. The van der Waals surface area contributed by atoms with E-state index >= 15 is 0 Å². The molecule has 122 valence electrons. The van der Waals surface area contributed by atoms with Crippen LogP contribution in [0, 0.1) is 0 Å². The van der Waals surface area contributed by atoms with Gasteiger partial charge in [-0.15, -0.1) is 0 Å². The first-order valence-corrected chi connectivity index (χ1v) is 8.22. The highest BCUT2D eigenvalue weighted by molar-refractivity contribution is 4.43. The Labute approximate surface area is 125 Å². The van der Waals surface area contributed by atoms with Gasteiger partial charge in [-0.05, 0) is 45.4 Å². The second-order valence-corrected chi connectivity index (χ2v) is 4.80. The lowest BCUT2D eigenvalue weighted by molar-refractivity contribution is 0.0501. The van der Waals surface area contributed by atoms with Crippen molar-refractivity contribution < 1.29 is 18.9 Å². The van der Waals surface area contributed by atoms with Crippen molar-refractivity contribution in [3.63, 3.8) is 0 Å². The van der Waals surface area contributed by atoms with E-state index in [2.05, 4.69) is 6.92 Å². The van der Waals surface area contributed by atoms with Crippen LogP contribution in [-0.2, 0) is 18.9 Å². The Morgan fingerprint density at radius 3 is 1.45 bits per heavy atom. The SMILES string of the molecule is CCCOCCCCOCCCCCOCCOCC.